The van der Waals surface area contributed by atoms with Crippen molar-refractivity contribution >= 4 is 17.5 Å². The summed E-state index contributed by atoms with van der Waals surface area (Å²) < 4.78 is 7.64. The first-order valence-corrected chi connectivity index (χ1v) is 8.40. The van der Waals surface area contributed by atoms with E-state index < -0.39 is 16.9 Å². The van der Waals surface area contributed by atoms with Crippen LogP contribution in [-0.2, 0) is 11.3 Å². The molecule has 0 saturated heterocycles. The van der Waals surface area contributed by atoms with Crippen molar-refractivity contribution in [2.75, 3.05) is 12.4 Å². The first-order chi connectivity index (χ1) is 13.4. The van der Waals surface area contributed by atoms with Crippen LogP contribution in [0.5, 0.6) is 5.88 Å². The van der Waals surface area contributed by atoms with Crippen LogP contribution in [0.4, 0.5) is 11.6 Å². The lowest BCUT2D eigenvalue weighted by Crippen LogP contribution is -2.24. The Morgan fingerprint density at radius 2 is 2.18 bits per heavy atom. The first kappa shape index (κ1) is 19.0. The third-order valence-corrected chi connectivity index (χ3v) is 4.04. The molecule has 0 bridgehead atoms. The Balaban J connectivity index is 1.68. The Labute approximate surface area is 160 Å². The lowest BCUT2D eigenvalue weighted by Gasteiger charge is -2.10. The number of carbonyl (C=O) groups is 1. The number of anilines is 1. The van der Waals surface area contributed by atoms with Gasteiger partial charge in [0.25, 0.3) is 5.91 Å². The van der Waals surface area contributed by atoms with Gasteiger partial charge in [-0.15, -0.1) is 10.2 Å². The number of amides is 1. The molecule has 0 aliphatic rings. The van der Waals surface area contributed by atoms with Crippen LogP contribution in [0.15, 0.2) is 36.8 Å². The zero-order chi connectivity index (χ0) is 20.3. The van der Waals surface area contributed by atoms with Crippen molar-refractivity contribution in [2.24, 2.45) is 0 Å². The number of benzene rings is 1. The van der Waals surface area contributed by atoms with Crippen LogP contribution < -0.4 is 10.1 Å². The molecule has 2 aromatic heterocycles. The minimum atomic E-state index is -0.827. The van der Waals surface area contributed by atoms with Crippen LogP contribution >= 0.6 is 0 Å². The highest BCUT2D eigenvalue weighted by molar-refractivity contribution is 5.91. The summed E-state index contributed by atoms with van der Waals surface area (Å²) in [5, 5.41) is 21.7. The monoisotopic (exact) mass is 385 g/mol. The summed E-state index contributed by atoms with van der Waals surface area (Å²) in [7, 11) is 1.27. The van der Waals surface area contributed by atoms with E-state index in [0.29, 0.717) is 6.54 Å². The smallest absolute Gasteiger partial charge is 0.350 e. The van der Waals surface area contributed by atoms with Crippen LogP contribution in [0, 0.1) is 17.0 Å². The third-order valence-electron chi connectivity index (χ3n) is 4.04. The maximum absolute atomic E-state index is 12.4. The van der Waals surface area contributed by atoms with Crippen LogP contribution in [0.1, 0.15) is 24.1 Å². The minimum absolute atomic E-state index is 0.137. The number of ether oxygens (including phenoxy) is 1. The molecule has 1 unspecified atom stereocenters. The molecule has 1 atom stereocenters. The van der Waals surface area contributed by atoms with Gasteiger partial charge in [-0.1, -0.05) is 29.8 Å². The van der Waals surface area contributed by atoms with Crippen molar-refractivity contribution < 1.29 is 14.5 Å². The second-order valence-electron chi connectivity index (χ2n) is 6.18. The largest absolute Gasteiger partial charge is 0.475 e. The van der Waals surface area contributed by atoms with Gasteiger partial charge in [-0.2, -0.15) is 0 Å². The Kier molecular flexibility index (Phi) is 5.34. The van der Waals surface area contributed by atoms with Crippen molar-refractivity contribution in [2.45, 2.75) is 26.4 Å². The summed E-state index contributed by atoms with van der Waals surface area (Å²) in [5.74, 6) is -0.489. The molecule has 146 valence electrons. The molecule has 11 heteroatoms. The number of rotatable bonds is 7. The lowest BCUT2D eigenvalue weighted by atomic mass is 10.1. The Hall–Kier alpha value is -3.76. The summed E-state index contributed by atoms with van der Waals surface area (Å²) in [6, 6.07) is 7.16. The molecule has 11 nitrogen and oxygen atoms in total. The number of nitro groups is 1. The second kappa shape index (κ2) is 7.86. The van der Waals surface area contributed by atoms with Gasteiger partial charge in [-0.25, -0.2) is 14.3 Å². The summed E-state index contributed by atoms with van der Waals surface area (Å²) in [5.41, 5.74) is 1.89. The third kappa shape index (κ3) is 4.14. The van der Waals surface area contributed by atoms with Crippen molar-refractivity contribution in [3.8, 4) is 5.88 Å². The fraction of sp³-hybridized carbons (Fsp3) is 0.294. The zero-order valence-corrected chi connectivity index (χ0v) is 15.6. The number of nitrogens with zero attached hydrogens (tertiary/aromatic N) is 6. The Bertz CT molecular complexity index is 1010. The van der Waals surface area contributed by atoms with Gasteiger partial charge in [0.15, 0.2) is 0 Å². The van der Waals surface area contributed by atoms with Gasteiger partial charge in [0.05, 0.1) is 18.6 Å². The summed E-state index contributed by atoms with van der Waals surface area (Å²) in [4.78, 5) is 26.9. The van der Waals surface area contributed by atoms with E-state index in [4.69, 9.17) is 4.74 Å². The fourth-order valence-corrected chi connectivity index (χ4v) is 2.59. The molecule has 1 N–H and O–H groups in total. The van der Waals surface area contributed by atoms with E-state index in [1.807, 2.05) is 31.2 Å². The molecule has 28 heavy (non-hydrogen) atoms. The molecular formula is C17H19N7O4. The highest BCUT2D eigenvalue weighted by atomic mass is 16.6. The molecule has 0 fully saturated rings. The molecule has 0 saturated carbocycles. The van der Waals surface area contributed by atoms with Crippen molar-refractivity contribution in [3.63, 3.8) is 0 Å². The van der Waals surface area contributed by atoms with Crippen molar-refractivity contribution in [1.82, 2.24) is 24.5 Å². The summed E-state index contributed by atoms with van der Waals surface area (Å²) in [6.07, 6.45) is 2.66. The van der Waals surface area contributed by atoms with Crippen molar-refractivity contribution in [1.29, 1.82) is 0 Å². The summed E-state index contributed by atoms with van der Waals surface area (Å²) >= 11 is 0. The van der Waals surface area contributed by atoms with Crippen LogP contribution in [0.25, 0.3) is 0 Å². The van der Waals surface area contributed by atoms with E-state index in [0.717, 1.165) is 22.0 Å². The average molecular weight is 385 g/mol. The Morgan fingerprint density at radius 3 is 2.82 bits per heavy atom. The van der Waals surface area contributed by atoms with Gasteiger partial charge >= 0.3 is 11.6 Å². The van der Waals surface area contributed by atoms with E-state index in [2.05, 4.69) is 20.5 Å². The molecule has 1 aromatic carbocycles. The minimum Gasteiger partial charge on any atom is -0.475 e. The van der Waals surface area contributed by atoms with Crippen LogP contribution in [0.2, 0.25) is 0 Å². The van der Waals surface area contributed by atoms with Gasteiger partial charge in [-0.3, -0.25) is 20.2 Å². The maximum atomic E-state index is 12.4. The molecule has 0 spiro atoms. The molecule has 1 amide bonds. The first-order valence-electron chi connectivity index (χ1n) is 8.40. The average Bonchev–Trinajstić information content (AvgIpc) is 3.28. The number of hydrogen-bond acceptors (Lipinski definition) is 7. The van der Waals surface area contributed by atoms with Gasteiger partial charge in [0.2, 0.25) is 5.95 Å². The Morgan fingerprint density at radius 1 is 1.39 bits per heavy atom. The fourth-order valence-electron chi connectivity index (χ4n) is 2.59. The van der Waals surface area contributed by atoms with E-state index in [1.54, 1.807) is 11.6 Å². The standard InChI is InChI=1S/C17H19N7O4/c1-11-5-4-6-13(7-11)8-22-10-18-17(21-22)19-15(25)12(2)23-9-14(24(26)27)16(20-23)28-3/h4-7,9-10,12H,8H2,1-3H3,(H,19,21,25). The lowest BCUT2D eigenvalue weighted by molar-refractivity contribution is -0.385. The molecule has 3 rings (SSSR count). The topological polar surface area (TPSA) is 130 Å². The number of aryl methyl sites for hydroxylation is 1. The predicted octanol–water partition coefficient (Wildman–Crippen LogP) is 1.95. The zero-order valence-electron chi connectivity index (χ0n) is 15.6. The number of methoxy groups -OCH3 is 1. The number of nitrogens with one attached hydrogen (secondary N) is 1. The normalized spacial score (nSPS) is 11.8. The highest BCUT2D eigenvalue weighted by Crippen LogP contribution is 2.26. The molecule has 3 aromatic rings. The van der Waals surface area contributed by atoms with Crippen LogP contribution in [0.3, 0.4) is 0 Å². The molecule has 0 aliphatic carbocycles. The summed E-state index contributed by atoms with van der Waals surface area (Å²) in [6.45, 7) is 4.07. The van der Waals surface area contributed by atoms with E-state index in [9.17, 15) is 14.9 Å². The van der Waals surface area contributed by atoms with E-state index in [1.165, 1.54) is 13.4 Å². The predicted molar refractivity (Wildman–Crippen MR) is 99.1 cm³/mol. The SMILES string of the molecule is COc1nn(C(C)C(=O)Nc2ncn(Cc3cccc(C)c3)n2)cc1[N+](=O)[O-]. The van der Waals surface area contributed by atoms with Crippen molar-refractivity contribution in [3.05, 3.63) is 58.0 Å². The second-order valence-corrected chi connectivity index (χ2v) is 6.18. The van der Waals surface area contributed by atoms with E-state index in [-0.39, 0.29) is 17.5 Å². The van der Waals surface area contributed by atoms with Gasteiger partial charge in [-0.05, 0) is 19.4 Å². The molecule has 2 heterocycles. The quantitative estimate of drug-likeness (QED) is 0.486. The number of carbonyl (C=O) groups excluding carboxylic acids is 1. The maximum Gasteiger partial charge on any atom is 0.350 e. The van der Waals surface area contributed by atoms with Gasteiger partial charge in [0.1, 0.15) is 18.6 Å². The van der Waals surface area contributed by atoms with Gasteiger partial charge in [0, 0.05) is 0 Å². The highest BCUT2D eigenvalue weighted by Gasteiger charge is 2.25. The molecule has 0 aliphatic heterocycles. The van der Waals surface area contributed by atoms with Crippen LogP contribution in [-0.4, -0.2) is 42.5 Å². The molecular weight excluding hydrogens is 366 g/mol. The number of hydrogen-bond donors (Lipinski definition) is 1. The number of aromatic nitrogens is 5. The van der Waals surface area contributed by atoms with E-state index >= 15 is 0 Å². The molecule has 0 radical (unpaired) electrons. The van der Waals surface area contributed by atoms with Gasteiger partial charge < -0.3 is 4.74 Å².